The molecule has 1 atom stereocenters. The molecule has 48 heavy (non-hydrogen) atoms. The molecule has 0 N–H and O–H groups in total. The zero-order chi connectivity index (χ0) is 33.5. The number of fused-ring (bicyclic) bond motifs is 3. The number of halogens is 3. The van der Waals surface area contributed by atoms with E-state index >= 15 is 0 Å². The molecule has 3 aliphatic rings. The fourth-order valence-electron chi connectivity index (χ4n) is 6.90. The van der Waals surface area contributed by atoms with Crippen LogP contribution in [0.2, 0.25) is 0 Å². The molecule has 3 fully saturated rings. The van der Waals surface area contributed by atoms with E-state index in [0.29, 0.717) is 29.6 Å². The van der Waals surface area contributed by atoms with Crippen LogP contribution in [0, 0.1) is 23.4 Å². The first-order valence-corrected chi connectivity index (χ1v) is 16.4. The van der Waals surface area contributed by atoms with E-state index in [1.807, 2.05) is 30.3 Å². The number of hydrogen-bond donors (Lipinski definition) is 0. The van der Waals surface area contributed by atoms with E-state index in [1.165, 1.54) is 40.1 Å². The molecule has 3 aliphatic heterocycles. The normalized spacial score (nSPS) is 19.8. The Hall–Kier alpha value is -4.83. The number of nitrogens with zero attached hydrogens (tertiary/aromatic N) is 3. The zero-order valence-corrected chi connectivity index (χ0v) is 26.6. The Morgan fingerprint density at radius 1 is 0.708 bits per heavy atom. The molecule has 4 aromatic carbocycles. The van der Waals surface area contributed by atoms with Crippen LogP contribution in [0.5, 0.6) is 0 Å². The summed E-state index contributed by atoms with van der Waals surface area (Å²) in [4.78, 5) is 29.6. The average molecular weight is 659 g/mol. The van der Waals surface area contributed by atoms with Gasteiger partial charge >= 0.3 is 12.2 Å². The van der Waals surface area contributed by atoms with Gasteiger partial charge in [0, 0.05) is 31.7 Å². The summed E-state index contributed by atoms with van der Waals surface area (Å²) in [5.74, 6) is -1.28. The molecule has 7 nitrogen and oxygen atoms in total. The topological polar surface area (TPSA) is 59.1 Å². The van der Waals surface area contributed by atoms with E-state index in [1.54, 1.807) is 42.5 Å². The summed E-state index contributed by atoms with van der Waals surface area (Å²) in [6.45, 7) is 3.45. The van der Waals surface area contributed by atoms with Crippen molar-refractivity contribution in [1.29, 1.82) is 0 Å². The highest BCUT2D eigenvalue weighted by Gasteiger charge is 2.48. The van der Waals surface area contributed by atoms with Crippen LogP contribution in [-0.2, 0) is 22.6 Å². The van der Waals surface area contributed by atoms with Gasteiger partial charge in [-0.1, -0.05) is 66.7 Å². The van der Waals surface area contributed by atoms with Crippen LogP contribution >= 0.6 is 0 Å². The summed E-state index contributed by atoms with van der Waals surface area (Å²) in [6, 6.07) is 27.2. The number of rotatable bonds is 11. The van der Waals surface area contributed by atoms with E-state index in [9.17, 15) is 22.8 Å². The van der Waals surface area contributed by atoms with Gasteiger partial charge in [0.1, 0.15) is 30.6 Å². The van der Waals surface area contributed by atoms with E-state index in [0.717, 1.165) is 31.5 Å². The van der Waals surface area contributed by atoms with Gasteiger partial charge in [0.05, 0.1) is 37.6 Å². The standard InChI is InChI=1S/C38H39F3N3O4/c39-31-17-15-28(16-18-31)25-43(35-14-7-5-12-33(35)41)38(46)48-36-26-44(23-19-30(36)20-24-44)22-8-21-42(34-13-6-4-11-32(34)40)37(45)47-27-29-9-2-1-3-10-29/h1-7,9-18,30,36H,8,19-27H2/q+1. The Kier molecular flexibility index (Phi) is 10.3. The van der Waals surface area contributed by atoms with E-state index in [4.69, 9.17) is 9.47 Å². The predicted octanol–water partition coefficient (Wildman–Crippen LogP) is 8.09. The SMILES string of the molecule is O=C(OCc1ccccc1)N(CCC[N+]12CCC(CC1)C(OC(=O)N(Cc1ccc(F)cc1)c1ccccc1F)C2)c1ccccc1F. The molecule has 250 valence electrons. The highest BCUT2D eigenvalue weighted by Crippen LogP contribution is 2.37. The molecule has 2 bridgehead atoms. The Balaban J connectivity index is 1.12. The Bertz CT molecular complexity index is 1700. The highest BCUT2D eigenvalue weighted by atomic mass is 19.1. The van der Waals surface area contributed by atoms with Crippen molar-refractivity contribution in [3.63, 3.8) is 0 Å². The van der Waals surface area contributed by atoms with Gasteiger partial charge in [0.15, 0.2) is 6.10 Å². The molecule has 0 aliphatic carbocycles. The summed E-state index contributed by atoms with van der Waals surface area (Å²) < 4.78 is 55.8. The predicted molar refractivity (Wildman–Crippen MR) is 177 cm³/mol. The second-order valence-electron chi connectivity index (χ2n) is 12.6. The van der Waals surface area contributed by atoms with Gasteiger partial charge in [-0.25, -0.2) is 22.8 Å². The van der Waals surface area contributed by atoms with Crippen molar-refractivity contribution < 1.29 is 36.7 Å². The third kappa shape index (κ3) is 7.82. The quantitative estimate of drug-likeness (QED) is 0.153. The lowest BCUT2D eigenvalue weighted by molar-refractivity contribution is -0.946. The molecular formula is C38H39F3N3O4+. The van der Waals surface area contributed by atoms with E-state index < -0.39 is 29.6 Å². The summed E-state index contributed by atoms with van der Waals surface area (Å²) in [5, 5.41) is 0. The molecule has 0 saturated carbocycles. The first-order valence-electron chi connectivity index (χ1n) is 16.4. The third-order valence-electron chi connectivity index (χ3n) is 9.49. The number of amides is 2. The van der Waals surface area contributed by atoms with Crippen LogP contribution < -0.4 is 9.80 Å². The molecule has 0 radical (unpaired) electrons. The Morgan fingerprint density at radius 3 is 1.96 bits per heavy atom. The lowest BCUT2D eigenvalue weighted by atomic mass is 9.83. The molecule has 3 heterocycles. The lowest BCUT2D eigenvalue weighted by Gasteiger charge is -2.52. The van der Waals surface area contributed by atoms with Crippen molar-refractivity contribution in [2.24, 2.45) is 5.92 Å². The highest BCUT2D eigenvalue weighted by molar-refractivity contribution is 5.88. The number of hydrogen-bond acceptors (Lipinski definition) is 4. The second-order valence-corrected chi connectivity index (χ2v) is 12.6. The van der Waals surface area contributed by atoms with Crippen LogP contribution in [0.3, 0.4) is 0 Å². The number of piperidine rings is 3. The van der Waals surface area contributed by atoms with E-state index in [2.05, 4.69) is 0 Å². The zero-order valence-electron chi connectivity index (χ0n) is 26.6. The summed E-state index contributed by atoms with van der Waals surface area (Å²) in [7, 11) is 0. The average Bonchev–Trinajstić information content (AvgIpc) is 3.10. The largest absolute Gasteiger partial charge is 0.444 e. The maximum atomic E-state index is 14.9. The van der Waals surface area contributed by atoms with Gasteiger partial charge in [0.25, 0.3) is 0 Å². The van der Waals surface area contributed by atoms with Crippen LogP contribution in [0.1, 0.15) is 30.4 Å². The molecule has 0 spiro atoms. The Labute approximate surface area is 278 Å². The number of carbonyl (C=O) groups excluding carboxylic acids is 2. The number of anilines is 2. The number of ether oxygens (including phenoxy) is 2. The van der Waals surface area contributed by atoms with Crippen molar-refractivity contribution >= 4 is 23.6 Å². The van der Waals surface area contributed by atoms with Crippen LogP contribution in [0.25, 0.3) is 0 Å². The molecule has 1 unspecified atom stereocenters. The summed E-state index contributed by atoms with van der Waals surface area (Å²) >= 11 is 0. The monoisotopic (exact) mass is 658 g/mol. The summed E-state index contributed by atoms with van der Waals surface area (Å²) in [5.41, 5.74) is 1.72. The number of para-hydroxylation sites is 2. The van der Waals surface area contributed by atoms with Gasteiger partial charge in [-0.3, -0.25) is 9.80 Å². The molecular weight excluding hydrogens is 619 g/mol. The number of carbonyl (C=O) groups is 2. The summed E-state index contributed by atoms with van der Waals surface area (Å²) in [6.07, 6.45) is 0.653. The minimum absolute atomic E-state index is 0.0175. The van der Waals surface area contributed by atoms with Crippen molar-refractivity contribution in [1.82, 2.24) is 0 Å². The van der Waals surface area contributed by atoms with Gasteiger partial charge in [-0.15, -0.1) is 0 Å². The van der Waals surface area contributed by atoms with Crippen LogP contribution in [0.15, 0.2) is 103 Å². The minimum Gasteiger partial charge on any atom is -0.444 e. The maximum Gasteiger partial charge on any atom is 0.415 e. The first-order chi connectivity index (χ1) is 23.3. The van der Waals surface area contributed by atoms with Gasteiger partial charge < -0.3 is 14.0 Å². The minimum atomic E-state index is -0.659. The molecule has 0 aromatic heterocycles. The van der Waals surface area contributed by atoms with Crippen LogP contribution in [0.4, 0.5) is 34.1 Å². The lowest BCUT2D eigenvalue weighted by Crippen LogP contribution is -2.65. The van der Waals surface area contributed by atoms with Crippen molar-refractivity contribution in [3.8, 4) is 0 Å². The fraction of sp³-hybridized carbons (Fsp3) is 0.316. The molecule has 4 aromatic rings. The number of benzene rings is 4. The number of quaternary nitrogens is 1. The van der Waals surface area contributed by atoms with Crippen LogP contribution in [-0.4, -0.2) is 55.5 Å². The van der Waals surface area contributed by atoms with Gasteiger partial charge in [-0.05, 0) is 47.5 Å². The third-order valence-corrected chi connectivity index (χ3v) is 9.49. The fourth-order valence-corrected chi connectivity index (χ4v) is 6.90. The smallest absolute Gasteiger partial charge is 0.415 e. The molecule has 2 amide bonds. The Morgan fingerprint density at radius 2 is 1.31 bits per heavy atom. The van der Waals surface area contributed by atoms with Crippen molar-refractivity contribution in [2.75, 3.05) is 42.5 Å². The van der Waals surface area contributed by atoms with E-state index in [-0.39, 0.29) is 43.1 Å². The molecule has 10 heteroatoms. The van der Waals surface area contributed by atoms with Crippen molar-refractivity contribution in [3.05, 3.63) is 132 Å². The van der Waals surface area contributed by atoms with Gasteiger partial charge in [0.2, 0.25) is 0 Å². The first kappa shape index (κ1) is 33.1. The second kappa shape index (κ2) is 14.9. The maximum absolute atomic E-state index is 14.9. The van der Waals surface area contributed by atoms with Crippen molar-refractivity contribution in [2.45, 2.75) is 38.5 Å². The molecule has 3 saturated heterocycles. The van der Waals surface area contributed by atoms with Gasteiger partial charge in [-0.2, -0.15) is 0 Å². The molecule has 7 rings (SSSR count).